The largest absolute Gasteiger partial charge is 0.497 e. The molecule has 1 amide bonds. The molecule has 0 fully saturated rings. The Balaban J connectivity index is 1.53. The first-order valence-corrected chi connectivity index (χ1v) is 16.2. The Labute approximate surface area is 230 Å². The second kappa shape index (κ2) is 12.3. The molecule has 4 rings (SSSR count). The second-order valence-corrected chi connectivity index (χ2v) is 14.6. The van der Waals surface area contributed by atoms with Crippen LogP contribution in [0.2, 0.25) is 18.6 Å². The Kier molecular flexibility index (Phi) is 9.06. The van der Waals surface area contributed by atoms with Gasteiger partial charge in [0, 0.05) is 61.2 Å². The van der Waals surface area contributed by atoms with Gasteiger partial charge < -0.3 is 29.4 Å². The van der Waals surface area contributed by atoms with Gasteiger partial charge in [-0.15, -0.1) is 5.10 Å². The van der Waals surface area contributed by atoms with Gasteiger partial charge in [-0.05, 0) is 62.0 Å². The van der Waals surface area contributed by atoms with Crippen molar-refractivity contribution < 1.29 is 28.9 Å². The number of aryl methyl sites for hydroxylation is 1. The predicted octanol–water partition coefficient (Wildman–Crippen LogP) is 3.82. The van der Waals surface area contributed by atoms with Crippen LogP contribution in [0, 0.1) is 5.92 Å². The lowest BCUT2D eigenvalue weighted by atomic mass is 9.86. The minimum atomic E-state index is -2.67. The third-order valence-corrected chi connectivity index (χ3v) is 9.80. The monoisotopic (exact) mass is 554 g/mol. The number of aromatic nitrogens is 3. The number of carbonyl (C=O) groups is 1. The summed E-state index contributed by atoms with van der Waals surface area (Å²) >= 11 is 0. The number of anilines is 1. The van der Waals surface area contributed by atoms with Crippen molar-refractivity contribution in [3.05, 3.63) is 65.5 Å². The van der Waals surface area contributed by atoms with Gasteiger partial charge in [0.15, 0.2) is 8.32 Å². The molecular weight excluding hydrogens is 516 g/mol. The number of rotatable bonds is 11. The van der Waals surface area contributed by atoms with E-state index < -0.39 is 8.32 Å². The fourth-order valence-electron chi connectivity index (χ4n) is 5.27. The zero-order valence-corrected chi connectivity index (χ0v) is 24.1. The molecule has 2 heterocycles. The summed E-state index contributed by atoms with van der Waals surface area (Å²) in [6, 6.07) is 12.5. The smallest absolute Gasteiger partial charge is 0.255 e. The van der Waals surface area contributed by atoms with Gasteiger partial charge in [0.25, 0.3) is 5.91 Å². The topological polar surface area (TPSA) is 128 Å². The molecular formula is C28H38N4O6Si. The highest BCUT2D eigenvalue weighted by molar-refractivity contribution is 6.71. The lowest BCUT2D eigenvalue weighted by molar-refractivity contribution is -0.0247. The number of aliphatic hydroxyl groups excluding tert-OH is 1. The lowest BCUT2D eigenvalue weighted by Crippen LogP contribution is -2.48. The van der Waals surface area contributed by atoms with E-state index in [2.05, 4.69) is 22.6 Å². The van der Waals surface area contributed by atoms with Gasteiger partial charge >= 0.3 is 0 Å². The van der Waals surface area contributed by atoms with E-state index in [1.54, 1.807) is 43.2 Å². The molecule has 3 N–H and O–H groups in total. The molecule has 1 aliphatic rings. The fraction of sp³-hybridized carbons (Fsp3) is 0.464. The number of hydrogen-bond acceptors (Lipinski definition) is 8. The molecule has 0 saturated heterocycles. The zero-order valence-electron chi connectivity index (χ0n) is 23.1. The summed E-state index contributed by atoms with van der Waals surface area (Å²) in [6.07, 6.45) is 2.40. The first-order chi connectivity index (χ1) is 18.6. The van der Waals surface area contributed by atoms with Gasteiger partial charge in [0.1, 0.15) is 17.6 Å². The van der Waals surface area contributed by atoms with Crippen LogP contribution in [0.15, 0.2) is 48.7 Å². The molecule has 210 valence electrons. The number of hydrogen-bond donors (Lipinski definition) is 3. The number of nitrogens with one attached hydrogen (secondary N) is 1. The molecule has 0 radical (unpaired) electrons. The summed E-state index contributed by atoms with van der Waals surface area (Å²) in [5, 5.41) is 20.4. The third-order valence-electron chi connectivity index (χ3n) is 7.37. The van der Waals surface area contributed by atoms with Crippen LogP contribution in [0.1, 0.15) is 41.1 Å². The van der Waals surface area contributed by atoms with Gasteiger partial charge in [-0.25, -0.2) is 0 Å². The van der Waals surface area contributed by atoms with Crippen molar-refractivity contribution >= 4 is 19.9 Å². The minimum Gasteiger partial charge on any atom is -0.497 e. The van der Waals surface area contributed by atoms with Crippen LogP contribution in [0.5, 0.6) is 11.5 Å². The molecule has 0 saturated carbocycles. The van der Waals surface area contributed by atoms with E-state index in [9.17, 15) is 9.59 Å². The first-order valence-electron chi connectivity index (χ1n) is 13.2. The molecule has 1 aromatic heterocycles. The maximum Gasteiger partial charge on any atom is 0.255 e. The van der Waals surface area contributed by atoms with E-state index in [0.717, 1.165) is 11.3 Å². The number of ether oxygens (including phenoxy) is 3. The fourth-order valence-corrected chi connectivity index (χ4v) is 7.28. The van der Waals surface area contributed by atoms with Crippen molar-refractivity contribution in [2.75, 3.05) is 26.1 Å². The Hall–Kier alpha value is -3.25. The highest BCUT2D eigenvalue weighted by Gasteiger charge is 2.46. The van der Waals surface area contributed by atoms with Crippen molar-refractivity contribution in [2.45, 2.75) is 57.2 Å². The van der Waals surface area contributed by atoms with Crippen LogP contribution >= 0.6 is 0 Å². The van der Waals surface area contributed by atoms with Crippen molar-refractivity contribution in [3.63, 3.8) is 0 Å². The normalized spacial score (nSPS) is 19.6. The first kappa shape index (κ1) is 28.7. The third kappa shape index (κ3) is 6.67. The highest BCUT2D eigenvalue weighted by atomic mass is 28.4. The molecule has 4 atom stereocenters. The van der Waals surface area contributed by atoms with E-state index in [4.69, 9.17) is 19.3 Å². The number of fused-ring (bicyclic) bond motifs is 1. The molecule has 2 aromatic carbocycles. The maximum absolute atomic E-state index is 12.8. The van der Waals surface area contributed by atoms with Crippen LogP contribution < -0.4 is 14.8 Å². The molecule has 0 aliphatic carbocycles. The van der Waals surface area contributed by atoms with Crippen molar-refractivity contribution in [3.8, 4) is 11.5 Å². The molecule has 0 bridgehead atoms. The number of carbonyl (C=O) groups excluding carboxylic acids is 1. The summed E-state index contributed by atoms with van der Waals surface area (Å²) in [5.41, 5.74) is 2.66. The Morgan fingerprint density at radius 1 is 1.21 bits per heavy atom. The van der Waals surface area contributed by atoms with Crippen LogP contribution in [0.3, 0.4) is 0 Å². The summed E-state index contributed by atoms with van der Waals surface area (Å²) < 4.78 is 19.4. The average molecular weight is 555 g/mol. The molecule has 10 nitrogen and oxygen atoms in total. The second-order valence-electron chi connectivity index (χ2n) is 10.5. The molecule has 0 spiro atoms. The van der Waals surface area contributed by atoms with E-state index in [1.165, 1.54) is 0 Å². The number of methoxy groups -OCH3 is 2. The maximum atomic E-state index is 12.8. The van der Waals surface area contributed by atoms with Gasteiger partial charge in [-0.2, -0.15) is 0 Å². The van der Waals surface area contributed by atoms with Gasteiger partial charge in [-0.3, -0.25) is 9.48 Å². The standard InChI is InChI=1S/C28H38N4O6Si/c1-18-26(37-3)23-16-20(29-28(34)19-6-9-22(36-2)10-7-19)8-11-24(23)38-27(18)25(39(4,5)35)12-14-32-17-21(13-15-33)30-31-32/h6-11,16-18,25-27,33,35H,12-15H2,1-5H3,(H,29,34)/t18-,25?,26-,27-/m1/s1. The van der Waals surface area contributed by atoms with Crippen LogP contribution in [-0.2, 0) is 17.7 Å². The molecule has 1 unspecified atom stereocenters. The van der Waals surface area contributed by atoms with Gasteiger partial charge in [0.05, 0.1) is 18.9 Å². The summed E-state index contributed by atoms with van der Waals surface area (Å²) in [4.78, 5) is 24.1. The van der Waals surface area contributed by atoms with Crippen molar-refractivity contribution in [2.24, 2.45) is 5.92 Å². The van der Waals surface area contributed by atoms with Crippen LogP contribution in [-0.4, -0.2) is 66.1 Å². The highest BCUT2D eigenvalue weighted by Crippen LogP contribution is 2.47. The number of benzene rings is 2. The molecule has 3 aromatic rings. The number of aliphatic hydroxyl groups is 1. The quantitative estimate of drug-likeness (QED) is 0.305. The van der Waals surface area contributed by atoms with Gasteiger partial charge in [-0.1, -0.05) is 12.1 Å². The Morgan fingerprint density at radius 3 is 2.59 bits per heavy atom. The molecule has 39 heavy (non-hydrogen) atoms. The lowest BCUT2D eigenvalue weighted by Gasteiger charge is -2.43. The van der Waals surface area contributed by atoms with Crippen molar-refractivity contribution in [1.29, 1.82) is 0 Å². The number of amides is 1. The van der Waals surface area contributed by atoms with Crippen LogP contribution in [0.4, 0.5) is 5.69 Å². The summed E-state index contributed by atoms with van der Waals surface area (Å²) in [7, 11) is 0.588. The van der Waals surface area contributed by atoms with E-state index in [0.29, 0.717) is 42.1 Å². The van der Waals surface area contributed by atoms with Gasteiger partial charge in [0.2, 0.25) is 0 Å². The van der Waals surface area contributed by atoms with E-state index >= 15 is 0 Å². The predicted molar refractivity (Wildman–Crippen MR) is 150 cm³/mol. The van der Waals surface area contributed by atoms with Crippen LogP contribution in [0.25, 0.3) is 0 Å². The average Bonchev–Trinajstić information content (AvgIpc) is 3.36. The molecule has 1 aliphatic heterocycles. The summed E-state index contributed by atoms with van der Waals surface area (Å²) in [6.45, 7) is 6.54. The van der Waals surface area contributed by atoms with Crippen molar-refractivity contribution in [1.82, 2.24) is 15.0 Å². The summed E-state index contributed by atoms with van der Waals surface area (Å²) in [5.74, 6) is 1.09. The number of nitrogens with zero attached hydrogens (tertiary/aromatic N) is 3. The Morgan fingerprint density at radius 2 is 1.95 bits per heavy atom. The Bertz CT molecular complexity index is 1260. The SMILES string of the molecule is COc1ccc(C(=O)Nc2ccc3c(c2)[C@H](OC)[C@@H](C)[C@H](C(CCn2cc(CCO)nn2)[Si](C)(C)O)O3)cc1. The minimum absolute atomic E-state index is 0.0238. The van der Waals surface area contributed by atoms with E-state index in [1.807, 2.05) is 37.5 Å². The van der Waals surface area contributed by atoms with E-state index in [-0.39, 0.29) is 36.2 Å². The zero-order chi connectivity index (χ0) is 28.2. The molecule has 11 heteroatoms.